The van der Waals surface area contributed by atoms with Gasteiger partial charge in [0.15, 0.2) is 0 Å². The smallest absolute Gasteiger partial charge is 0.137 e. The molecule has 0 aliphatic carbocycles. The largest absolute Gasteiger partial charge is 0.346 e. The number of H-pyrrole nitrogens is 1. The fraction of sp³-hybridized carbons (Fsp3) is 0.316. The normalized spacial score (nSPS) is 16.9. The Morgan fingerprint density at radius 1 is 1.13 bits per heavy atom. The lowest BCUT2D eigenvalue weighted by atomic mass is 10.0. The summed E-state index contributed by atoms with van der Waals surface area (Å²) in [4.78, 5) is 12.5. The van der Waals surface area contributed by atoms with Crippen molar-refractivity contribution in [1.29, 1.82) is 0 Å². The van der Waals surface area contributed by atoms with Gasteiger partial charge < -0.3 is 9.88 Å². The Labute approximate surface area is 138 Å². The van der Waals surface area contributed by atoms with Gasteiger partial charge in [-0.25, -0.2) is 4.98 Å². The van der Waals surface area contributed by atoms with Crippen LogP contribution in [0.3, 0.4) is 0 Å². The van der Waals surface area contributed by atoms with Crippen LogP contribution in [0.15, 0.2) is 48.8 Å². The van der Waals surface area contributed by atoms with Crippen molar-refractivity contribution < 1.29 is 1.43 Å². The minimum absolute atomic E-state index is 0. The first-order chi connectivity index (χ1) is 11.3. The number of hydrogen-bond acceptors (Lipinski definition) is 3. The van der Waals surface area contributed by atoms with Crippen molar-refractivity contribution in [2.75, 3.05) is 33.2 Å². The Morgan fingerprint density at radius 3 is 2.87 bits per heavy atom. The maximum Gasteiger partial charge on any atom is 0.137 e. The van der Waals surface area contributed by atoms with Crippen LogP contribution in [0.4, 0.5) is 0 Å². The van der Waals surface area contributed by atoms with Crippen molar-refractivity contribution in [3.05, 3.63) is 54.4 Å². The van der Waals surface area contributed by atoms with Crippen LogP contribution in [-0.4, -0.2) is 53.0 Å². The van der Waals surface area contributed by atoms with Crippen LogP contribution in [0, 0.1) is 0 Å². The molecule has 1 aliphatic heterocycles. The number of hydrogen-bond donors (Lipinski definition) is 1. The maximum absolute atomic E-state index is 4.38. The SMILES string of the molecule is CN1CCN(Cc2cccc(-c3ccnc4[nH]ccc34)c2)CC1.[HH]. The summed E-state index contributed by atoms with van der Waals surface area (Å²) in [5, 5.41) is 1.18. The molecule has 1 saturated heterocycles. The van der Waals surface area contributed by atoms with Crippen LogP contribution in [0.5, 0.6) is 0 Å². The molecule has 4 nitrogen and oxygen atoms in total. The zero-order chi connectivity index (χ0) is 15.6. The molecule has 23 heavy (non-hydrogen) atoms. The first-order valence-electron chi connectivity index (χ1n) is 8.22. The van der Waals surface area contributed by atoms with Gasteiger partial charge in [-0.05, 0) is 41.9 Å². The zero-order valence-corrected chi connectivity index (χ0v) is 13.5. The van der Waals surface area contributed by atoms with Crippen LogP contribution in [0.1, 0.15) is 6.99 Å². The summed E-state index contributed by atoms with van der Waals surface area (Å²) >= 11 is 0. The molecule has 3 aromatic rings. The van der Waals surface area contributed by atoms with Gasteiger partial charge in [0.05, 0.1) is 0 Å². The Hall–Kier alpha value is -2.17. The van der Waals surface area contributed by atoms with Gasteiger partial charge in [0, 0.05) is 51.9 Å². The van der Waals surface area contributed by atoms with E-state index in [1.54, 1.807) is 0 Å². The van der Waals surface area contributed by atoms with Gasteiger partial charge in [0.25, 0.3) is 0 Å². The topological polar surface area (TPSA) is 35.2 Å². The fourth-order valence-electron chi connectivity index (χ4n) is 3.31. The number of piperazine rings is 1. The molecular weight excluding hydrogens is 284 g/mol. The molecule has 4 heteroatoms. The van der Waals surface area contributed by atoms with Gasteiger partial charge in [0.2, 0.25) is 0 Å². The molecule has 1 N–H and O–H groups in total. The summed E-state index contributed by atoms with van der Waals surface area (Å²) in [7, 11) is 2.20. The molecule has 1 aliphatic rings. The summed E-state index contributed by atoms with van der Waals surface area (Å²) in [6, 6.07) is 13.1. The first-order valence-corrected chi connectivity index (χ1v) is 8.22. The third-order valence-corrected chi connectivity index (χ3v) is 4.70. The molecule has 4 rings (SSSR count). The first kappa shape index (κ1) is 14.4. The number of likely N-dealkylation sites (N-methyl/N-ethyl adjacent to an activating group) is 1. The zero-order valence-electron chi connectivity index (χ0n) is 13.5. The van der Waals surface area contributed by atoms with Crippen LogP contribution in [0.25, 0.3) is 22.2 Å². The van der Waals surface area contributed by atoms with E-state index < -0.39 is 0 Å². The molecule has 0 atom stereocenters. The second kappa shape index (κ2) is 6.14. The van der Waals surface area contributed by atoms with E-state index >= 15 is 0 Å². The predicted octanol–water partition coefficient (Wildman–Crippen LogP) is 3.22. The predicted molar refractivity (Wildman–Crippen MR) is 96.4 cm³/mol. The summed E-state index contributed by atoms with van der Waals surface area (Å²) in [6.45, 7) is 5.65. The third-order valence-electron chi connectivity index (χ3n) is 4.70. The number of fused-ring (bicyclic) bond motifs is 1. The number of nitrogens with one attached hydrogen (secondary N) is 1. The van der Waals surface area contributed by atoms with Crippen molar-refractivity contribution in [3.8, 4) is 11.1 Å². The van der Waals surface area contributed by atoms with E-state index in [0.717, 1.165) is 38.4 Å². The second-order valence-corrected chi connectivity index (χ2v) is 6.38. The van der Waals surface area contributed by atoms with Gasteiger partial charge in [0.1, 0.15) is 5.65 Å². The lowest BCUT2D eigenvalue weighted by Gasteiger charge is -2.32. The van der Waals surface area contributed by atoms with E-state index in [2.05, 4.69) is 63.2 Å². The molecular formula is C19H24N4. The van der Waals surface area contributed by atoms with E-state index in [4.69, 9.17) is 0 Å². The Balaban J connectivity index is 0.00000169. The highest BCUT2D eigenvalue weighted by atomic mass is 15.2. The Morgan fingerprint density at radius 2 is 2.00 bits per heavy atom. The molecule has 0 radical (unpaired) electrons. The quantitative estimate of drug-likeness (QED) is 0.807. The lowest BCUT2D eigenvalue weighted by Crippen LogP contribution is -2.43. The molecule has 0 bridgehead atoms. The number of nitrogens with zero attached hydrogens (tertiary/aromatic N) is 3. The monoisotopic (exact) mass is 308 g/mol. The van der Waals surface area contributed by atoms with E-state index in [1.165, 1.54) is 22.1 Å². The third kappa shape index (κ3) is 3.00. The molecule has 120 valence electrons. The Kier molecular flexibility index (Phi) is 3.85. The average molecular weight is 308 g/mol. The van der Waals surface area contributed by atoms with Crippen molar-refractivity contribution in [3.63, 3.8) is 0 Å². The fourth-order valence-corrected chi connectivity index (χ4v) is 3.31. The lowest BCUT2D eigenvalue weighted by molar-refractivity contribution is 0.148. The van der Waals surface area contributed by atoms with Crippen molar-refractivity contribution in [2.24, 2.45) is 0 Å². The standard InChI is InChI=1S/C19H22N4.H2/c1-22-9-11-23(12-10-22)14-15-3-2-4-16(13-15)17-5-7-20-19-18(17)6-8-21-19;/h2-8,13H,9-12,14H2,1H3,(H,20,21);1H. The molecule has 0 saturated carbocycles. The molecule has 0 spiro atoms. The van der Waals surface area contributed by atoms with E-state index in [1.807, 2.05) is 12.4 Å². The van der Waals surface area contributed by atoms with E-state index in [0.29, 0.717) is 0 Å². The van der Waals surface area contributed by atoms with Crippen LogP contribution in [0.2, 0.25) is 0 Å². The second-order valence-electron chi connectivity index (χ2n) is 6.38. The highest BCUT2D eigenvalue weighted by Gasteiger charge is 2.14. The van der Waals surface area contributed by atoms with E-state index in [-0.39, 0.29) is 1.43 Å². The number of aromatic amines is 1. The van der Waals surface area contributed by atoms with Crippen LogP contribution < -0.4 is 0 Å². The van der Waals surface area contributed by atoms with Gasteiger partial charge >= 0.3 is 0 Å². The summed E-state index contributed by atoms with van der Waals surface area (Å²) in [5.41, 5.74) is 4.85. The van der Waals surface area contributed by atoms with Crippen LogP contribution >= 0.6 is 0 Å². The van der Waals surface area contributed by atoms with Gasteiger partial charge in [-0.3, -0.25) is 4.90 Å². The highest BCUT2D eigenvalue weighted by molar-refractivity contribution is 5.92. The maximum atomic E-state index is 4.38. The van der Waals surface area contributed by atoms with Crippen molar-refractivity contribution in [1.82, 2.24) is 19.8 Å². The molecule has 1 fully saturated rings. The van der Waals surface area contributed by atoms with Crippen molar-refractivity contribution in [2.45, 2.75) is 6.54 Å². The van der Waals surface area contributed by atoms with Crippen molar-refractivity contribution >= 4 is 11.0 Å². The number of aromatic nitrogens is 2. The highest BCUT2D eigenvalue weighted by Crippen LogP contribution is 2.27. The van der Waals surface area contributed by atoms with Gasteiger partial charge in [-0.2, -0.15) is 0 Å². The average Bonchev–Trinajstić information content (AvgIpc) is 3.06. The number of rotatable bonds is 3. The minimum atomic E-state index is 0. The van der Waals surface area contributed by atoms with Gasteiger partial charge in [-0.15, -0.1) is 0 Å². The van der Waals surface area contributed by atoms with Crippen LogP contribution in [-0.2, 0) is 6.54 Å². The summed E-state index contributed by atoms with van der Waals surface area (Å²) in [5.74, 6) is 0. The molecule has 0 unspecified atom stereocenters. The minimum Gasteiger partial charge on any atom is -0.346 e. The Bertz CT molecular complexity index is 806. The molecule has 3 heterocycles. The van der Waals surface area contributed by atoms with Gasteiger partial charge in [-0.1, -0.05) is 18.2 Å². The number of benzene rings is 1. The summed E-state index contributed by atoms with van der Waals surface area (Å²) in [6.07, 6.45) is 3.83. The molecule has 2 aromatic heterocycles. The number of pyridine rings is 1. The molecule has 1 aromatic carbocycles. The summed E-state index contributed by atoms with van der Waals surface area (Å²) < 4.78 is 0. The molecule has 0 amide bonds. The van der Waals surface area contributed by atoms with E-state index in [9.17, 15) is 0 Å².